The van der Waals surface area contributed by atoms with Gasteiger partial charge in [-0.3, -0.25) is 4.79 Å². The molecule has 0 radical (unpaired) electrons. The summed E-state index contributed by atoms with van der Waals surface area (Å²) in [6.07, 6.45) is 0. The van der Waals surface area contributed by atoms with Crippen molar-refractivity contribution in [1.29, 1.82) is 0 Å². The SMILES string of the molecule is COC(=O)c1nnn(CC(=O)c2ccc(F)cc2)c1C(=O)OC. The van der Waals surface area contributed by atoms with E-state index in [1.165, 1.54) is 12.1 Å². The minimum Gasteiger partial charge on any atom is -0.464 e. The number of carbonyl (C=O) groups is 3. The van der Waals surface area contributed by atoms with Crippen LogP contribution in [0.2, 0.25) is 0 Å². The van der Waals surface area contributed by atoms with Gasteiger partial charge in [0.25, 0.3) is 0 Å². The summed E-state index contributed by atoms with van der Waals surface area (Å²) in [6, 6.07) is 4.87. The third-order valence-corrected chi connectivity index (χ3v) is 2.95. The molecule has 0 N–H and O–H groups in total. The quantitative estimate of drug-likeness (QED) is 0.595. The number of carbonyl (C=O) groups excluding carboxylic acids is 3. The Hall–Kier alpha value is -3.10. The summed E-state index contributed by atoms with van der Waals surface area (Å²) in [5.74, 6) is -2.70. The van der Waals surface area contributed by atoms with Gasteiger partial charge in [0.1, 0.15) is 12.4 Å². The highest BCUT2D eigenvalue weighted by molar-refractivity contribution is 6.01. The van der Waals surface area contributed by atoms with E-state index < -0.39 is 23.5 Å². The largest absolute Gasteiger partial charge is 0.464 e. The van der Waals surface area contributed by atoms with Crippen molar-refractivity contribution < 1.29 is 28.2 Å². The van der Waals surface area contributed by atoms with E-state index in [4.69, 9.17) is 0 Å². The number of ketones is 1. The lowest BCUT2D eigenvalue weighted by molar-refractivity contribution is 0.0543. The summed E-state index contributed by atoms with van der Waals surface area (Å²) >= 11 is 0. The van der Waals surface area contributed by atoms with E-state index >= 15 is 0 Å². The van der Waals surface area contributed by atoms with Crippen molar-refractivity contribution >= 4 is 17.7 Å². The van der Waals surface area contributed by atoms with Gasteiger partial charge in [-0.1, -0.05) is 5.21 Å². The molecule has 0 bridgehead atoms. The second kappa shape index (κ2) is 6.77. The number of Topliss-reactive ketones (excluding diaryl/α,β-unsaturated/α-hetero) is 1. The average Bonchev–Trinajstić information content (AvgIpc) is 2.97. The first kappa shape index (κ1) is 16.3. The highest BCUT2D eigenvalue weighted by Crippen LogP contribution is 2.11. The zero-order chi connectivity index (χ0) is 17.0. The van der Waals surface area contributed by atoms with Gasteiger partial charge in [0.15, 0.2) is 11.5 Å². The van der Waals surface area contributed by atoms with Crippen LogP contribution in [0.3, 0.4) is 0 Å². The van der Waals surface area contributed by atoms with Gasteiger partial charge in [-0.05, 0) is 24.3 Å². The first-order valence-corrected chi connectivity index (χ1v) is 6.36. The number of hydrogen-bond donors (Lipinski definition) is 0. The summed E-state index contributed by atoms with van der Waals surface area (Å²) in [5.41, 5.74) is -0.432. The number of halogens is 1. The van der Waals surface area contributed by atoms with Crippen LogP contribution in [0.25, 0.3) is 0 Å². The molecular weight excluding hydrogens is 309 g/mol. The predicted molar refractivity (Wildman–Crippen MR) is 73.4 cm³/mol. The molecule has 0 saturated carbocycles. The van der Waals surface area contributed by atoms with E-state index in [2.05, 4.69) is 19.8 Å². The summed E-state index contributed by atoms with van der Waals surface area (Å²) in [7, 11) is 2.23. The second-order valence-corrected chi connectivity index (χ2v) is 4.36. The molecule has 0 aliphatic carbocycles. The Morgan fingerprint density at radius 1 is 1.09 bits per heavy atom. The van der Waals surface area contributed by atoms with Crippen molar-refractivity contribution in [1.82, 2.24) is 15.0 Å². The van der Waals surface area contributed by atoms with Crippen molar-refractivity contribution in [3.63, 3.8) is 0 Å². The third-order valence-electron chi connectivity index (χ3n) is 2.95. The standard InChI is InChI=1S/C14H12FN3O5/c1-22-13(20)11-12(14(21)23-2)18(17-16-11)7-10(19)8-3-5-9(15)6-4-8/h3-6H,7H2,1-2H3. The van der Waals surface area contributed by atoms with Crippen molar-refractivity contribution in [3.05, 3.63) is 47.0 Å². The van der Waals surface area contributed by atoms with Crippen LogP contribution in [0.5, 0.6) is 0 Å². The van der Waals surface area contributed by atoms with E-state index in [1.807, 2.05) is 0 Å². The topological polar surface area (TPSA) is 100 Å². The average molecular weight is 321 g/mol. The normalized spacial score (nSPS) is 10.2. The molecule has 23 heavy (non-hydrogen) atoms. The summed E-state index contributed by atoms with van der Waals surface area (Å²) in [6.45, 7) is -0.375. The van der Waals surface area contributed by atoms with Crippen LogP contribution in [0.15, 0.2) is 24.3 Å². The lowest BCUT2D eigenvalue weighted by Crippen LogP contribution is -2.20. The molecule has 2 aromatic rings. The fourth-order valence-electron chi connectivity index (χ4n) is 1.82. The fourth-order valence-corrected chi connectivity index (χ4v) is 1.82. The molecule has 8 nitrogen and oxygen atoms in total. The van der Waals surface area contributed by atoms with Gasteiger partial charge in [0, 0.05) is 5.56 Å². The number of aromatic nitrogens is 3. The molecular formula is C14H12FN3O5. The number of ether oxygens (including phenoxy) is 2. The van der Waals surface area contributed by atoms with Crippen LogP contribution in [0, 0.1) is 5.82 Å². The molecule has 0 unspecified atom stereocenters. The zero-order valence-corrected chi connectivity index (χ0v) is 12.3. The lowest BCUT2D eigenvalue weighted by atomic mass is 10.1. The van der Waals surface area contributed by atoms with Crippen LogP contribution in [-0.4, -0.2) is 46.9 Å². The first-order chi connectivity index (χ1) is 11.0. The summed E-state index contributed by atoms with van der Waals surface area (Å²) in [5, 5.41) is 7.15. The van der Waals surface area contributed by atoms with Crippen molar-refractivity contribution in [3.8, 4) is 0 Å². The Kier molecular flexibility index (Phi) is 4.79. The maximum absolute atomic E-state index is 12.9. The number of nitrogens with zero attached hydrogens (tertiary/aromatic N) is 3. The van der Waals surface area contributed by atoms with Gasteiger partial charge >= 0.3 is 11.9 Å². The monoisotopic (exact) mass is 321 g/mol. The highest BCUT2D eigenvalue weighted by atomic mass is 19.1. The van der Waals surface area contributed by atoms with E-state index in [0.717, 1.165) is 31.0 Å². The van der Waals surface area contributed by atoms with Gasteiger partial charge < -0.3 is 9.47 Å². The molecule has 0 saturated heterocycles. The van der Waals surface area contributed by atoms with E-state index in [9.17, 15) is 18.8 Å². The molecule has 0 spiro atoms. The molecule has 1 aromatic carbocycles. The van der Waals surface area contributed by atoms with Crippen LogP contribution < -0.4 is 0 Å². The van der Waals surface area contributed by atoms with Crippen molar-refractivity contribution in [2.45, 2.75) is 6.54 Å². The Morgan fingerprint density at radius 2 is 1.70 bits per heavy atom. The molecule has 0 fully saturated rings. The highest BCUT2D eigenvalue weighted by Gasteiger charge is 2.27. The van der Waals surface area contributed by atoms with Crippen LogP contribution >= 0.6 is 0 Å². The number of rotatable bonds is 5. The van der Waals surface area contributed by atoms with Gasteiger partial charge in [-0.2, -0.15) is 0 Å². The first-order valence-electron chi connectivity index (χ1n) is 6.36. The minimum absolute atomic E-state index is 0.220. The Morgan fingerprint density at radius 3 is 2.26 bits per heavy atom. The van der Waals surface area contributed by atoms with E-state index in [1.54, 1.807) is 0 Å². The number of methoxy groups -OCH3 is 2. The molecule has 0 amide bonds. The second-order valence-electron chi connectivity index (χ2n) is 4.36. The van der Waals surface area contributed by atoms with E-state index in [0.29, 0.717) is 0 Å². The molecule has 0 aliphatic rings. The molecule has 1 heterocycles. The summed E-state index contributed by atoms with van der Waals surface area (Å²) in [4.78, 5) is 35.6. The third kappa shape index (κ3) is 3.39. The number of benzene rings is 1. The van der Waals surface area contributed by atoms with Crippen LogP contribution in [0.4, 0.5) is 4.39 Å². The Balaban J connectivity index is 2.34. The molecule has 9 heteroatoms. The molecule has 2 rings (SSSR count). The van der Waals surface area contributed by atoms with Gasteiger partial charge in [-0.15, -0.1) is 5.10 Å². The zero-order valence-electron chi connectivity index (χ0n) is 12.3. The van der Waals surface area contributed by atoms with Gasteiger partial charge in [-0.25, -0.2) is 18.7 Å². The molecule has 120 valence electrons. The van der Waals surface area contributed by atoms with E-state index in [-0.39, 0.29) is 23.5 Å². The van der Waals surface area contributed by atoms with Gasteiger partial charge in [0.05, 0.1) is 14.2 Å². The van der Waals surface area contributed by atoms with Crippen molar-refractivity contribution in [2.24, 2.45) is 0 Å². The summed E-state index contributed by atoms with van der Waals surface area (Å²) < 4.78 is 22.9. The molecule has 1 aromatic heterocycles. The smallest absolute Gasteiger partial charge is 0.361 e. The minimum atomic E-state index is -0.887. The predicted octanol–water partition coefficient (Wildman–Crippen LogP) is 0.873. The number of esters is 2. The molecule has 0 atom stereocenters. The fraction of sp³-hybridized carbons (Fsp3) is 0.214. The van der Waals surface area contributed by atoms with Gasteiger partial charge in [0.2, 0.25) is 5.69 Å². The lowest BCUT2D eigenvalue weighted by Gasteiger charge is -2.05. The Bertz CT molecular complexity index is 754. The van der Waals surface area contributed by atoms with Crippen LogP contribution in [0.1, 0.15) is 31.3 Å². The Labute approximate surface area is 129 Å². The molecule has 0 aliphatic heterocycles. The van der Waals surface area contributed by atoms with Crippen molar-refractivity contribution in [2.75, 3.05) is 14.2 Å². The maximum Gasteiger partial charge on any atom is 0.361 e. The number of hydrogen-bond acceptors (Lipinski definition) is 7. The maximum atomic E-state index is 12.9. The van der Waals surface area contributed by atoms with Crippen LogP contribution in [-0.2, 0) is 16.0 Å².